The molecule has 0 atom stereocenters. The Morgan fingerprint density at radius 2 is 1.80 bits per heavy atom. The van der Waals surface area contributed by atoms with Gasteiger partial charge in [-0.15, -0.1) is 0 Å². The summed E-state index contributed by atoms with van der Waals surface area (Å²) in [6.45, 7) is 7.99. The predicted octanol–water partition coefficient (Wildman–Crippen LogP) is 4.64. The summed E-state index contributed by atoms with van der Waals surface area (Å²) in [7, 11) is 0. The van der Waals surface area contributed by atoms with Gasteiger partial charge < -0.3 is 10.2 Å². The summed E-state index contributed by atoms with van der Waals surface area (Å²) < 4.78 is 24.7. The lowest BCUT2D eigenvalue weighted by Gasteiger charge is -2.36. The number of unbranched alkanes of at least 4 members (excludes halogenated alkanes) is 1. The van der Waals surface area contributed by atoms with Crippen LogP contribution < -0.4 is 10.2 Å². The minimum atomic E-state index is -2.45. The van der Waals surface area contributed by atoms with Gasteiger partial charge in [-0.05, 0) is 68.3 Å². The molecule has 162 valence electrons. The fraction of sp³-hybridized carbons (Fsp3) is 0.435. The van der Waals surface area contributed by atoms with Gasteiger partial charge in [0.15, 0.2) is 0 Å². The van der Waals surface area contributed by atoms with Crippen LogP contribution in [0.3, 0.4) is 0 Å². The molecule has 0 aromatic heterocycles. The van der Waals surface area contributed by atoms with Crippen molar-refractivity contribution in [3.05, 3.63) is 59.7 Å². The van der Waals surface area contributed by atoms with Crippen LogP contribution in [0.15, 0.2) is 53.4 Å². The Kier molecular flexibility index (Phi) is 8.51. The van der Waals surface area contributed by atoms with Gasteiger partial charge in [-0.2, -0.15) is 8.78 Å². The number of aryl methyl sites for hydroxylation is 1. The molecule has 3 rings (SSSR count). The standard InChI is InChI=1S/C23H29F2N3OS/c1-18-5-4-6-20(17-18)28-15-13-27(14-16-28)12-3-2-11-26-22(29)19-7-9-21(10-8-19)30-23(24)25/h4-10,17,23H,2-3,11-16H2,1H3,(H,26,29). The van der Waals surface area contributed by atoms with Crippen molar-refractivity contribution in [1.82, 2.24) is 10.2 Å². The van der Waals surface area contributed by atoms with Crippen LogP contribution in [0.2, 0.25) is 0 Å². The van der Waals surface area contributed by atoms with E-state index in [0.717, 1.165) is 45.6 Å². The van der Waals surface area contributed by atoms with Crippen molar-refractivity contribution in [2.75, 3.05) is 44.2 Å². The van der Waals surface area contributed by atoms with Crippen LogP contribution in [0.5, 0.6) is 0 Å². The number of carbonyl (C=O) groups excluding carboxylic acids is 1. The number of amides is 1. The Balaban J connectivity index is 1.30. The molecular weight excluding hydrogens is 404 g/mol. The second kappa shape index (κ2) is 11.3. The van der Waals surface area contributed by atoms with Gasteiger partial charge in [0, 0.05) is 48.9 Å². The molecule has 0 bridgehead atoms. The highest BCUT2D eigenvalue weighted by Gasteiger charge is 2.16. The molecule has 1 heterocycles. The van der Waals surface area contributed by atoms with Crippen LogP contribution in [-0.2, 0) is 0 Å². The SMILES string of the molecule is Cc1cccc(N2CCN(CCCCNC(=O)c3ccc(SC(F)F)cc3)CC2)c1. The van der Waals surface area contributed by atoms with E-state index in [1.165, 1.54) is 11.3 Å². The lowest BCUT2D eigenvalue weighted by molar-refractivity contribution is 0.0952. The number of halogens is 2. The molecule has 4 nitrogen and oxygen atoms in total. The largest absolute Gasteiger partial charge is 0.369 e. The van der Waals surface area contributed by atoms with Crippen molar-refractivity contribution in [3.63, 3.8) is 0 Å². The maximum absolute atomic E-state index is 12.3. The van der Waals surface area contributed by atoms with Gasteiger partial charge in [0.05, 0.1) is 0 Å². The van der Waals surface area contributed by atoms with Gasteiger partial charge in [0.2, 0.25) is 0 Å². The van der Waals surface area contributed by atoms with Crippen molar-refractivity contribution in [2.24, 2.45) is 0 Å². The third-order valence-electron chi connectivity index (χ3n) is 5.27. The molecule has 1 saturated heterocycles. The topological polar surface area (TPSA) is 35.6 Å². The van der Waals surface area contributed by atoms with Gasteiger partial charge >= 0.3 is 0 Å². The zero-order valence-corrected chi connectivity index (χ0v) is 18.1. The minimum absolute atomic E-state index is 0.157. The summed E-state index contributed by atoms with van der Waals surface area (Å²) in [6, 6.07) is 15.0. The first-order valence-electron chi connectivity index (χ1n) is 10.4. The minimum Gasteiger partial charge on any atom is -0.369 e. The lowest BCUT2D eigenvalue weighted by Crippen LogP contribution is -2.46. The second-order valence-corrected chi connectivity index (χ2v) is 8.60. The Hall–Kier alpha value is -2.12. The quantitative estimate of drug-likeness (QED) is 0.462. The van der Waals surface area contributed by atoms with Crippen LogP contribution in [0.4, 0.5) is 14.5 Å². The number of rotatable bonds is 9. The summed E-state index contributed by atoms with van der Waals surface area (Å²) >= 11 is 0.483. The van der Waals surface area contributed by atoms with Crippen LogP contribution in [0, 0.1) is 6.92 Å². The summed E-state index contributed by atoms with van der Waals surface area (Å²) in [4.78, 5) is 17.5. The first-order valence-corrected chi connectivity index (χ1v) is 11.3. The van der Waals surface area contributed by atoms with Crippen LogP contribution in [-0.4, -0.2) is 55.8 Å². The Labute approximate surface area is 181 Å². The molecule has 0 spiro atoms. The molecular formula is C23H29F2N3OS. The monoisotopic (exact) mass is 433 g/mol. The molecule has 0 aliphatic carbocycles. The number of alkyl halides is 2. The number of carbonyl (C=O) groups is 1. The Bertz CT molecular complexity index is 808. The number of hydrogen-bond acceptors (Lipinski definition) is 4. The molecule has 0 unspecified atom stereocenters. The summed E-state index contributed by atoms with van der Waals surface area (Å²) in [5.74, 6) is -2.61. The van der Waals surface area contributed by atoms with E-state index in [4.69, 9.17) is 0 Å². The summed E-state index contributed by atoms with van der Waals surface area (Å²) in [5, 5.41) is 2.91. The molecule has 1 aliphatic heterocycles. The normalized spacial score (nSPS) is 14.9. The number of hydrogen-bond donors (Lipinski definition) is 1. The fourth-order valence-electron chi connectivity index (χ4n) is 3.61. The maximum atomic E-state index is 12.3. The molecule has 2 aromatic rings. The Morgan fingerprint density at radius 1 is 1.07 bits per heavy atom. The molecule has 7 heteroatoms. The van der Waals surface area contributed by atoms with E-state index in [-0.39, 0.29) is 5.91 Å². The summed E-state index contributed by atoms with van der Waals surface area (Å²) in [5.41, 5.74) is 3.10. The number of piperazine rings is 1. The van der Waals surface area contributed by atoms with E-state index < -0.39 is 5.76 Å². The fourth-order valence-corrected chi connectivity index (χ4v) is 4.11. The van der Waals surface area contributed by atoms with Crippen molar-refractivity contribution < 1.29 is 13.6 Å². The van der Waals surface area contributed by atoms with E-state index in [9.17, 15) is 13.6 Å². The second-order valence-electron chi connectivity index (χ2n) is 7.53. The molecule has 0 saturated carbocycles. The number of thioether (sulfide) groups is 1. The van der Waals surface area contributed by atoms with Gasteiger partial charge in [-0.1, -0.05) is 23.9 Å². The van der Waals surface area contributed by atoms with Gasteiger partial charge in [0.1, 0.15) is 0 Å². The average molecular weight is 434 g/mol. The highest BCUT2D eigenvalue weighted by molar-refractivity contribution is 7.99. The van der Waals surface area contributed by atoms with Crippen molar-refractivity contribution in [2.45, 2.75) is 30.4 Å². The zero-order chi connectivity index (χ0) is 21.3. The lowest BCUT2D eigenvalue weighted by atomic mass is 10.2. The van der Waals surface area contributed by atoms with Crippen LogP contribution >= 0.6 is 11.8 Å². The van der Waals surface area contributed by atoms with Crippen molar-refractivity contribution in [1.29, 1.82) is 0 Å². The number of benzene rings is 2. The molecule has 1 fully saturated rings. The smallest absolute Gasteiger partial charge is 0.288 e. The molecule has 2 aromatic carbocycles. The first kappa shape index (κ1) is 22.6. The third-order valence-corrected chi connectivity index (χ3v) is 5.99. The van der Waals surface area contributed by atoms with E-state index in [1.807, 2.05) is 0 Å². The van der Waals surface area contributed by atoms with E-state index in [0.29, 0.717) is 28.8 Å². The average Bonchev–Trinajstić information content (AvgIpc) is 2.74. The maximum Gasteiger partial charge on any atom is 0.288 e. The first-order chi connectivity index (χ1) is 14.5. The van der Waals surface area contributed by atoms with Gasteiger partial charge in [0.25, 0.3) is 11.7 Å². The van der Waals surface area contributed by atoms with Gasteiger partial charge in [-0.3, -0.25) is 9.69 Å². The number of nitrogens with zero attached hydrogens (tertiary/aromatic N) is 2. The molecule has 1 N–H and O–H groups in total. The number of anilines is 1. The van der Waals surface area contributed by atoms with E-state index in [1.54, 1.807) is 24.3 Å². The van der Waals surface area contributed by atoms with E-state index >= 15 is 0 Å². The molecule has 30 heavy (non-hydrogen) atoms. The van der Waals surface area contributed by atoms with Crippen molar-refractivity contribution in [3.8, 4) is 0 Å². The highest BCUT2D eigenvalue weighted by Crippen LogP contribution is 2.25. The molecule has 1 amide bonds. The zero-order valence-electron chi connectivity index (χ0n) is 17.3. The van der Waals surface area contributed by atoms with Crippen LogP contribution in [0.25, 0.3) is 0 Å². The Morgan fingerprint density at radius 3 is 2.47 bits per heavy atom. The third kappa shape index (κ3) is 6.99. The number of nitrogens with one attached hydrogen (secondary N) is 1. The molecule has 0 radical (unpaired) electrons. The predicted molar refractivity (Wildman–Crippen MR) is 120 cm³/mol. The molecule has 1 aliphatic rings. The van der Waals surface area contributed by atoms with E-state index in [2.05, 4.69) is 46.3 Å². The van der Waals surface area contributed by atoms with Crippen molar-refractivity contribution >= 4 is 23.4 Å². The van der Waals surface area contributed by atoms with Gasteiger partial charge in [-0.25, -0.2) is 0 Å². The van der Waals surface area contributed by atoms with Crippen LogP contribution in [0.1, 0.15) is 28.8 Å². The highest BCUT2D eigenvalue weighted by atomic mass is 32.2. The summed E-state index contributed by atoms with van der Waals surface area (Å²) in [6.07, 6.45) is 1.96.